The molecule has 1 aliphatic carbocycles. The van der Waals surface area contributed by atoms with Crippen LogP contribution >= 0.6 is 0 Å². The minimum absolute atomic E-state index is 0.322. The van der Waals surface area contributed by atoms with Crippen molar-refractivity contribution in [1.82, 2.24) is 5.32 Å². The summed E-state index contributed by atoms with van der Waals surface area (Å²) in [5.41, 5.74) is -0.635. The van der Waals surface area contributed by atoms with Crippen LogP contribution in [-0.4, -0.2) is 36.6 Å². The first kappa shape index (κ1) is 20.2. The molecule has 0 unspecified atom stereocenters. The van der Waals surface area contributed by atoms with Crippen LogP contribution in [0.5, 0.6) is 0 Å². The molecule has 0 aromatic heterocycles. The summed E-state index contributed by atoms with van der Waals surface area (Å²) in [4.78, 5) is 35.5. The van der Waals surface area contributed by atoms with Crippen LogP contribution in [-0.2, 0) is 19.1 Å². The first-order chi connectivity index (χ1) is 11.2. The van der Waals surface area contributed by atoms with Crippen LogP contribution in [0.1, 0.15) is 59.3 Å². The first-order valence-electron chi connectivity index (χ1n) is 8.50. The summed E-state index contributed by atoms with van der Waals surface area (Å²) < 4.78 is 9.72. The van der Waals surface area contributed by atoms with Crippen molar-refractivity contribution in [2.45, 2.75) is 70.9 Å². The molecule has 1 amide bonds. The lowest BCUT2D eigenvalue weighted by Gasteiger charge is -2.27. The molecule has 0 heterocycles. The van der Waals surface area contributed by atoms with Gasteiger partial charge in [-0.05, 0) is 39.2 Å². The van der Waals surface area contributed by atoms with Crippen molar-refractivity contribution >= 4 is 17.8 Å². The number of hydrogen-bond acceptors (Lipinski definition) is 5. The summed E-state index contributed by atoms with van der Waals surface area (Å²) in [7, 11) is 1.25. The van der Waals surface area contributed by atoms with Crippen molar-refractivity contribution in [3.63, 3.8) is 0 Å². The van der Waals surface area contributed by atoms with Gasteiger partial charge in [-0.1, -0.05) is 32.1 Å². The van der Waals surface area contributed by atoms with Crippen molar-refractivity contribution in [2.75, 3.05) is 7.11 Å². The number of carbonyl (C=O) groups is 3. The van der Waals surface area contributed by atoms with Gasteiger partial charge in [-0.25, -0.2) is 9.59 Å². The number of esters is 1. The van der Waals surface area contributed by atoms with Gasteiger partial charge in [-0.15, -0.1) is 0 Å². The Morgan fingerprint density at radius 3 is 2.29 bits per heavy atom. The molecule has 1 saturated carbocycles. The number of methoxy groups -OCH3 is 1. The number of rotatable bonds is 6. The lowest BCUT2D eigenvalue weighted by molar-refractivity contribution is -0.135. The average Bonchev–Trinajstić information content (AvgIpc) is 2.50. The average molecular weight is 339 g/mol. The van der Waals surface area contributed by atoms with Crippen molar-refractivity contribution in [1.29, 1.82) is 0 Å². The van der Waals surface area contributed by atoms with E-state index in [0.29, 0.717) is 12.3 Å². The Morgan fingerprint density at radius 1 is 1.12 bits per heavy atom. The number of amides is 1. The number of carbonyl (C=O) groups excluding carboxylic acids is 3. The highest BCUT2D eigenvalue weighted by Crippen LogP contribution is 2.27. The summed E-state index contributed by atoms with van der Waals surface area (Å²) in [6.45, 7) is 5.30. The van der Waals surface area contributed by atoms with Gasteiger partial charge in [-0.3, -0.25) is 4.79 Å². The van der Waals surface area contributed by atoms with Crippen LogP contribution in [0.3, 0.4) is 0 Å². The van der Waals surface area contributed by atoms with E-state index in [-0.39, 0.29) is 5.78 Å². The monoisotopic (exact) mass is 339 g/mol. The molecule has 1 rings (SSSR count). The largest absolute Gasteiger partial charge is 0.466 e. The molecule has 0 aromatic carbocycles. The van der Waals surface area contributed by atoms with Crippen LogP contribution in [0.4, 0.5) is 4.79 Å². The van der Waals surface area contributed by atoms with Crippen LogP contribution in [0.2, 0.25) is 0 Å². The summed E-state index contributed by atoms with van der Waals surface area (Å²) >= 11 is 0. The fourth-order valence-electron chi connectivity index (χ4n) is 2.79. The van der Waals surface area contributed by atoms with E-state index in [1.54, 1.807) is 20.8 Å². The summed E-state index contributed by atoms with van der Waals surface area (Å²) in [6.07, 6.45) is 7.81. The molecule has 1 N–H and O–H groups in total. The lowest BCUT2D eigenvalue weighted by Crippen LogP contribution is -2.44. The van der Waals surface area contributed by atoms with E-state index in [1.807, 2.05) is 0 Å². The maximum absolute atomic E-state index is 12.4. The molecule has 24 heavy (non-hydrogen) atoms. The number of ether oxygens (including phenoxy) is 2. The van der Waals surface area contributed by atoms with Gasteiger partial charge in [0, 0.05) is 6.08 Å². The molecular formula is C18H29NO5. The predicted octanol–water partition coefficient (Wildman–Crippen LogP) is 3.15. The summed E-state index contributed by atoms with van der Waals surface area (Å²) in [5, 5.41) is 2.65. The molecule has 1 aliphatic rings. The van der Waals surface area contributed by atoms with Crippen molar-refractivity contribution in [2.24, 2.45) is 5.92 Å². The molecule has 0 aromatic rings. The number of ketones is 1. The molecule has 0 radical (unpaired) electrons. The molecule has 6 nitrogen and oxygen atoms in total. The smallest absolute Gasteiger partial charge is 0.408 e. The fraction of sp³-hybridized carbons (Fsp3) is 0.722. The van der Waals surface area contributed by atoms with E-state index in [2.05, 4.69) is 10.1 Å². The molecule has 0 bridgehead atoms. The van der Waals surface area contributed by atoms with Gasteiger partial charge in [0.05, 0.1) is 13.2 Å². The lowest BCUT2D eigenvalue weighted by atomic mass is 9.84. The van der Waals surface area contributed by atoms with E-state index in [4.69, 9.17) is 4.74 Å². The number of nitrogens with one attached hydrogen (secondary N) is 1. The molecule has 6 heteroatoms. The Bertz CT molecular complexity index is 472. The predicted molar refractivity (Wildman–Crippen MR) is 90.5 cm³/mol. The second-order valence-corrected chi connectivity index (χ2v) is 7.20. The maximum Gasteiger partial charge on any atom is 0.408 e. The van der Waals surface area contributed by atoms with Crippen molar-refractivity contribution in [3.05, 3.63) is 12.2 Å². The van der Waals surface area contributed by atoms with E-state index in [9.17, 15) is 14.4 Å². The van der Waals surface area contributed by atoms with Gasteiger partial charge in [0.2, 0.25) is 0 Å². The summed E-state index contributed by atoms with van der Waals surface area (Å²) in [6, 6.07) is -0.691. The van der Waals surface area contributed by atoms with E-state index >= 15 is 0 Å². The summed E-state index contributed by atoms with van der Waals surface area (Å²) in [5.74, 6) is -0.525. The van der Waals surface area contributed by atoms with Crippen molar-refractivity contribution < 1.29 is 23.9 Å². The van der Waals surface area contributed by atoms with Gasteiger partial charge in [-0.2, -0.15) is 0 Å². The third-order valence-electron chi connectivity index (χ3n) is 3.91. The second kappa shape index (κ2) is 9.45. The van der Waals surface area contributed by atoms with Gasteiger partial charge in [0.1, 0.15) is 5.60 Å². The zero-order valence-electron chi connectivity index (χ0n) is 15.1. The zero-order valence-corrected chi connectivity index (χ0v) is 15.1. The molecule has 1 fully saturated rings. The Morgan fingerprint density at radius 2 is 1.75 bits per heavy atom. The Balaban J connectivity index is 2.73. The molecule has 0 saturated heterocycles. The van der Waals surface area contributed by atoms with Crippen LogP contribution in [0, 0.1) is 5.92 Å². The molecular weight excluding hydrogens is 310 g/mol. The minimum atomic E-state index is -0.691. The third-order valence-corrected chi connectivity index (χ3v) is 3.91. The minimum Gasteiger partial charge on any atom is -0.466 e. The van der Waals surface area contributed by atoms with Gasteiger partial charge < -0.3 is 14.8 Å². The molecule has 136 valence electrons. The highest BCUT2D eigenvalue weighted by molar-refractivity contribution is 6.00. The van der Waals surface area contributed by atoms with E-state index in [1.165, 1.54) is 13.5 Å². The first-order valence-corrected chi connectivity index (χ1v) is 8.50. The Labute approximate surface area is 144 Å². The van der Waals surface area contributed by atoms with E-state index < -0.39 is 23.7 Å². The quantitative estimate of drug-likeness (QED) is 0.594. The normalized spacial score (nSPS) is 17.3. The Kier molecular flexibility index (Phi) is 7.95. The third kappa shape index (κ3) is 8.13. The number of hydrogen-bond donors (Lipinski definition) is 1. The Hall–Kier alpha value is -1.85. The topological polar surface area (TPSA) is 81.7 Å². The van der Waals surface area contributed by atoms with Crippen LogP contribution < -0.4 is 5.32 Å². The van der Waals surface area contributed by atoms with Gasteiger partial charge in [0.15, 0.2) is 5.78 Å². The van der Waals surface area contributed by atoms with Gasteiger partial charge >= 0.3 is 12.1 Å². The van der Waals surface area contributed by atoms with Crippen LogP contribution in [0.25, 0.3) is 0 Å². The maximum atomic E-state index is 12.4. The standard InChI is InChI=1S/C18H29NO5/c1-18(2,3)24-17(22)19-14(12-13-8-6-5-7-9-13)15(20)10-11-16(21)23-4/h10-11,13-14H,5-9,12H2,1-4H3,(H,19,22)/b11-10+/t14-/m0/s1. The highest BCUT2D eigenvalue weighted by Gasteiger charge is 2.26. The highest BCUT2D eigenvalue weighted by atomic mass is 16.6. The van der Waals surface area contributed by atoms with E-state index in [0.717, 1.165) is 37.8 Å². The zero-order chi connectivity index (χ0) is 18.2. The van der Waals surface area contributed by atoms with Gasteiger partial charge in [0.25, 0.3) is 0 Å². The van der Waals surface area contributed by atoms with Crippen LogP contribution in [0.15, 0.2) is 12.2 Å². The number of alkyl carbamates (subject to hydrolysis) is 1. The fourth-order valence-corrected chi connectivity index (χ4v) is 2.79. The SMILES string of the molecule is COC(=O)/C=C/C(=O)[C@H](CC1CCCCC1)NC(=O)OC(C)(C)C. The molecule has 0 aliphatic heterocycles. The molecule has 0 spiro atoms. The van der Waals surface area contributed by atoms with Crippen molar-refractivity contribution in [3.8, 4) is 0 Å². The second-order valence-electron chi connectivity index (χ2n) is 7.20. The molecule has 1 atom stereocenters.